The quantitative estimate of drug-likeness (QED) is 0.752. The first kappa shape index (κ1) is 12.8. The van der Waals surface area contributed by atoms with Crippen molar-refractivity contribution in [3.63, 3.8) is 0 Å². The number of piperidine rings is 1. The number of rotatable bonds is 3. The van der Waals surface area contributed by atoms with Gasteiger partial charge in [0.05, 0.1) is 7.11 Å². The van der Waals surface area contributed by atoms with E-state index in [2.05, 4.69) is 17.1 Å². The van der Waals surface area contributed by atoms with Crippen LogP contribution in [-0.2, 0) is 9.53 Å². The Morgan fingerprint density at radius 1 is 1.47 bits per heavy atom. The highest BCUT2D eigenvalue weighted by Crippen LogP contribution is 2.33. The maximum Gasteiger partial charge on any atom is 0.327 e. The molecule has 2 heterocycles. The molecule has 2 fully saturated rings. The van der Waals surface area contributed by atoms with Gasteiger partial charge in [0, 0.05) is 6.04 Å². The number of likely N-dealkylation sites (N-methyl/N-ethyl adjacent to an activating group) is 1. The molecule has 2 saturated heterocycles. The number of carbonyl (C=O) groups excluding carboxylic acids is 1. The number of ether oxygens (including phenoxy) is 1. The lowest BCUT2D eigenvalue weighted by molar-refractivity contribution is -0.153. The minimum atomic E-state index is -0.445. The molecule has 4 nitrogen and oxygen atoms in total. The second-order valence-corrected chi connectivity index (χ2v) is 5.13. The fourth-order valence-electron chi connectivity index (χ4n) is 3.47. The third-order valence-corrected chi connectivity index (χ3v) is 4.33. The van der Waals surface area contributed by atoms with Crippen molar-refractivity contribution in [3.05, 3.63) is 0 Å². The van der Waals surface area contributed by atoms with Crippen LogP contribution in [0.25, 0.3) is 0 Å². The van der Waals surface area contributed by atoms with Crippen molar-refractivity contribution >= 4 is 5.97 Å². The highest BCUT2D eigenvalue weighted by atomic mass is 16.5. The second-order valence-electron chi connectivity index (χ2n) is 5.13. The van der Waals surface area contributed by atoms with Crippen LogP contribution in [0, 0.1) is 0 Å². The highest BCUT2D eigenvalue weighted by molar-refractivity contribution is 5.82. The number of nitrogens with zero attached hydrogens (tertiary/aromatic N) is 1. The van der Waals surface area contributed by atoms with E-state index in [1.165, 1.54) is 13.5 Å². The molecular weight excluding hydrogens is 216 g/mol. The van der Waals surface area contributed by atoms with Gasteiger partial charge < -0.3 is 10.1 Å². The van der Waals surface area contributed by atoms with E-state index in [1.54, 1.807) is 0 Å². The van der Waals surface area contributed by atoms with Crippen LogP contribution in [-0.4, -0.2) is 49.2 Å². The van der Waals surface area contributed by atoms with Crippen molar-refractivity contribution in [2.24, 2.45) is 0 Å². The Bertz CT molecular complexity index is 275. The Hall–Kier alpha value is -0.610. The van der Waals surface area contributed by atoms with E-state index >= 15 is 0 Å². The fourth-order valence-corrected chi connectivity index (χ4v) is 3.47. The second kappa shape index (κ2) is 5.36. The molecule has 17 heavy (non-hydrogen) atoms. The van der Waals surface area contributed by atoms with Gasteiger partial charge in [0.15, 0.2) is 0 Å². The Morgan fingerprint density at radius 2 is 2.29 bits per heavy atom. The summed E-state index contributed by atoms with van der Waals surface area (Å²) in [5, 5.41) is 3.47. The van der Waals surface area contributed by atoms with Gasteiger partial charge in [-0.3, -0.25) is 4.90 Å². The number of methoxy groups -OCH3 is 1. The summed E-state index contributed by atoms with van der Waals surface area (Å²) in [6.45, 7) is 5.24. The molecule has 0 aromatic rings. The lowest BCUT2D eigenvalue weighted by atomic mass is 9.80. The SMILES string of the molecule is CCN1CCCC1C1(C(=O)OC)CCCCN1. The Labute approximate surface area is 104 Å². The zero-order valence-corrected chi connectivity index (χ0v) is 11.0. The molecule has 0 spiro atoms. The lowest BCUT2D eigenvalue weighted by Gasteiger charge is -2.43. The number of nitrogens with one attached hydrogen (secondary N) is 1. The molecule has 2 rings (SSSR count). The molecule has 0 aromatic carbocycles. The van der Waals surface area contributed by atoms with Gasteiger partial charge in [-0.1, -0.05) is 6.92 Å². The summed E-state index contributed by atoms with van der Waals surface area (Å²) in [6, 6.07) is 0.320. The molecule has 4 heteroatoms. The van der Waals surface area contributed by atoms with Crippen LogP contribution in [0.1, 0.15) is 39.0 Å². The predicted molar refractivity (Wildman–Crippen MR) is 66.9 cm³/mol. The van der Waals surface area contributed by atoms with Gasteiger partial charge in [-0.15, -0.1) is 0 Å². The lowest BCUT2D eigenvalue weighted by Crippen LogP contribution is -2.65. The molecule has 0 radical (unpaired) electrons. The molecule has 0 amide bonds. The Kier molecular flexibility index (Phi) is 4.05. The molecule has 1 N–H and O–H groups in total. The van der Waals surface area contributed by atoms with Gasteiger partial charge in [0.25, 0.3) is 0 Å². The predicted octanol–water partition coefficient (Wildman–Crippen LogP) is 1.16. The molecule has 2 aliphatic rings. The van der Waals surface area contributed by atoms with Crippen LogP contribution in [0.2, 0.25) is 0 Å². The number of hydrogen-bond donors (Lipinski definition) is 1. The van der Waals surface area contributed by atoms with Crippen molar-refractivity contribution in [1.82, 2.24) is 10.2 Å². The van der Waals surface area contributed by atoms with Crippen LogP contribution in [0.15, 0.2) is 0 Å². The largest absolute Gasteiger partial charge is 0.468 e. The highest BCUT2D eigenvalue weighted by Gasteiger charge is 2.50. The van der Waals surface area contributed by atoms with Crippen molar-refractivity contribution in [2.75, 3.05) is 26.7 Å². The van der Waals surface area contributed by atoms with Gasteiger partial charge in [0.1, 0.15) is 5.54 Å². The van der Waals surface area contributed by atoms with E-state index in [0.29, 0.717) is 6.04 Å². The van der Waals surface area contributed by atoms with E-state index in [4.69, 9.17) is 4.74 Å². The summed E-state index contributed by atoms with van der Waals surface area (Å²) in [6.07, 6.45) is 5.50. The molecule has 98 valence electrons. The summed E-state index contributed by atoms with van der Waals surface area (Å²) in [5.41, 5.74) is -0.445. The molecule has 0 aliphatic carbocycles. The molecule has 2 unspecified atom stereocenters. The van der Waals surface area contributed by atoms with E-state index < -0.39 is 5.54 Å². The van der Waals surface area contributed by atoms with E-state index in [1.807, 2.05) is 0 Å². The van der Waals surface area contributed by atoms with Crippen molar-refractivity contribution in [3.8, 4) is 0 Å². The Morgan fingerprint density at radius 3 is 2.88 bits per heavy atom. The first-order valence-electron chi connectivity index (χ1n) is 6.82. The minimum Gasteiger partial charge on any atom is -0.468 e. The monoisotopic (exact) mass is 240 g/mol. The van der Waals surface area contributed by atoms with Gasteiger partial charge in [-0.05, 0) is 51.7 Å². The number of likely N-dealkylation sites (tertiary alicyclic amines) is 1. The van der Waals surface area contributed by atoms with Gasteiger partial charge >= 0.3 is 5.97 Å². The third-order valence-electron chi connectivity index (χ3n) is 4.33. The summed E-state index contributed by atoms with van der Waals surface area (Å²) >= 11 is 0. The first-order valence-corrected chi connectivity index (χ1v) is 6.82. The summed E-state index contributed by atoms with van der Waals surface area (Å²) in [7, 11) is 1.51. The standard InChI is InChI=1S/C13H24N2O2/c1-3-15-10-6-7-11(15)13(12(16)17-2)8-4-5-9-14-13/h11,14H,3-10H2,1-2H3. The average molecular weight is 240 g/mol. The minimum absolute atomic E-state index is 0.0671. The molecule has 0 saturated carbocycles. The van der Waals surface area contributed by atoms with Crippen LogP contribution < -0.4 is 5.32 Å². The molecular formula is C13H24N2O2. The summed E-state index contributed by atoms with van der Waals surface area (Å²) in [5.74, 6) is -0.0671. The van der Waals surface area contributed by atoms with Gasteiger partial charge in [0.2, 0.25) is 0 Å². The maximum atomic E-state index is 12.2. The summed E-state index contributed by atoms with van der Waals surface area (Å²) in [4.78, 5) is 14.7. The maximum absolute atomic E-state index is 12.2. The topological polar surface area (TPSA) is 41.6 Å². The number of esters is 1. The summed E-state index contributed by atoms with van der Waals surface area (Å²) < 4.78 is 5.07. The zero-order chi connectivity index (χ0) is 12.3. The van der Waals surface area contributed by atoms with E-state index in [-0.39, 0.29) is 5.97 Å². The van der Waals surface area contributed by atoms with Crippen molar-refractivity contribution < 1.29 is 9.53 Å². The molecule has 2 atom stereocenters. The van der Waals surface area contributed by atoms with Crippen LogP contribution in [0.5, 0.6) is 0 Å². The van der Waals surface area contributed by atoms with E-state index in [0.717, 1.165) is 45.3 Å². The van der Waals surface area contributed by atoms with Crippen LogP contribution >= 0.6 is 0 Å². The van der Waals surface area contributed by atoms with Crippen LogP contribution in [0.4, 0.5) is 0 Å². The number of carbonyl (C=O) groups is 1. The first-order chi connectivity index (χ1) is 8.24. The third kappa shape index (κ3) is 2.20. The smallest absolute Gasteiger partial charge is 0.327 e. The van der Waals surface area contributed by atoms with Crippen molar-refractivity contribution in [2.45, 2.75) is 50.6 Å². The normalized spacial score (nSPS) is 34.8. The van der Waals surface area contributed by atoms with Gasteiger partial charge in [-0.2, -0.15) is 0 Å². The zero-order valence-electron chi connectivity index (χ0n) is 11.0. The molecule has 2 aliphatic heterocycles. The number of hydrogen-bond acceptors (Lipinski definition) is 4. The van der Waals surface area contributed by atoms with E-state index in [9.17, 15) is 4.79 Å². The molecule has 0 aromatic heterocycles. The van der Waals surface area contributed by atoms with Gasteiger partial charge in [-0.25, -0.2) is 4.79 Å². The molecule has 0 bridgehead atoms. The average Bonchev–Trinajstić information content (AvgIpc) is 2.87. The Balaban J connectivity index is 2.22. The van der Waals surface area contributed by atoms with Crippen LogP contribution in [0.3, 0.4) is 0 Å². The fraction of sp³-hybridized carbons (Fsp3) is 0.923. The van der Waals surface area contributed by atoms with Crippen molar-refractivity contribution in [1.29, 1.82) is 0 Å².